The minimum absolute atomic E-state index is 0.684. The number of aldehydes is 1. The smallest absolute Gasteiger partial charge is 0.152 e. The Morgan fingerprint density at radius 2 is 2.07 bits per heavy atom. The summed E-state index contributed by atoms with van der Waals surface area (Å²) in [4.78, 5) is 12.8. The third-order valence-corrected chi connectivity index (χ3v) is 2.21. The molecule has 0 aliphatic heterocycles. The van der Waals surface area contributed by atoms with Gasteiger partial charge in [0, 0.05) is 25.0 Å². The molecule has 3 nitrogen and oxygen atoms in total. The molecule has 72 valence electrons. The van der Waals surface area contributed by atoms with Gasteiger partial charge in [0.1, 0.15) is 5.58 Å². The van der Waals surface area contributed by atoms with Gasteiger partial charge in [-0.25, -0.2) is 0 Å². The normalized spacial score (nSPS) is 10.4. The van der Waals surface area contributed by atoms with Crippen LogP contribution in [-0.2, 0) is 0 Å². The molecule has 14 heavy (non-hydrogen) atoms. The lowest BCUT2D eigenvalue weighted by molar-refractivity contribution is 0.112. The van der Waals surface area contributed by atoms with Crippen molar-refractivity contribution in [1.29, 1.82) is 0 Å². The zero-order chi connectivity index (χ0) is 10.1. The fourth-order valence-corrected chi connectivity index (χ4v) is 1.64. The van der Waals surface area contributed by atoms with Gasteiger partial charge in [-0.15, -0.1) is 0 Å². The molecule has 0 saturated carbocycles. The van der Waals surface area contributed by atoms with E-state index in [1.807, 2.05) is 31.1 Å². The van der Waals surface area contributed by atoms with Crippen molar-refractivity contribution in [3.63, 3.8) is 0 Å². The summed E-state index contributed by atoms with van der Waals surface area (Å²) in [5, 5.41) is 0.972. The number of benzene rings is 1. The maximum atomic E-state index is 10.8. The molecule has 1 heterocycles. The molecule has 0 amide bonds. The SMILES string of the molecule is CN(C)c1c(C=O)ccc2occc12. The number of fused-ring (bicyclic) bond motifs is 1. The van der Waals surface area contributed by atoms with E-state index in [0.29, 0.717) is 5.56 Å². The van der Waals surface area contributed by atoms with Gasteiger partial charge in [0.25, 0.3) is 0 Å². The summed E-state index contributed by atoms with van der Waals surface area (Å²) < 4.78 is 5.27. The van der Waals surface area contributed by atoms with Crippen molar-refractivity contribution in [3.05, 3.63) is 30.0 Å². The fourth-order valence-electron chi connectivity index (χ4n) is 1.64. The monoisotopic (exact) mass is 189 g/mol. The number of carbonyl (C=O) groups is 1. The van der Waals surface area contributed by atoms with Crippen molar-refractivity contribution in [3.8, 4) is 0 Å². The topological polar surface area (TPSA) is 33.5 Å². The first-order chi connectivity index (χ1) is 6.74. The lowest BCUT2D eigenvalue weighted by Crippen LogP contribution is -2.11. The van der Waals surface area contributed by atoms with E-state index in [0.717, 1.165) is 22.9 Å². The number of hydrogen-bond acceptors (Lipinski definition) is 3. The van der Waals surface area contributed by atoms with Crippen LogP contribution in [0.25, 0.3) is 11.0 Å². The Kier molecular flexibility index (Phi) is 2.00. The molecule has 0 unspecified atom stereocenters. The number of furan rings is 1. The first kappa shape index (κ1) is 8.81. The molecule has 0 radical (unpaired) electrons. The van der Waals surface area contributed by atoms with Crippen LogP contribution in [0.2, 0.25) is 0 Å². The van der Waals surface area contributed by atoms with Crippen molar-refractivity contribution >= 4 is 22.9 Å². The molecule has 2 aromatic rings. The van der Waals surface area contributed by atoms with Gasteiger partial charge in [0.2, 0.25) is 0 Å². The molecule has 0 saturated heterocycles. The molecule has 0 aliphatic carbocycles. The van der Waals surface area contributed by atoms with Crippen molar-refractivity contribution in [2.75, 3.05) is 19.0 Å². The second-order valence-corrected chi connectivity index (χ2v) is 3.35. The maximum absolute atomic E-state index is 10.8. The Bertz CT molecular complexity index is 471. The first-order valence-electron chi connectivity index (χ1n) is 4.36. The van der Waals surface area contributed by atoms with Gasteiger partial charge in [-0.3, -0.25) is 4.79 Å². The molecule has 2 rings (SSSR count). The predicted molar refractivity (Wildman–Crippen MR) is 55.9 cm³/mol. The van der Waals surface area contributed by atoms with E-state index in [2.05, 4.69) is 0 Å². The van der Waals surface area contributed by atoms with Crippen LogP contribution in [0.4, 0.5) is 5.69 Å². The van der Waals surface area contributed by atoms with Gasteiger partial charge in [0.05, 0.1) is 12.0 Å². The van der Waals surface area contributed by atoms with Crippen LogP contribution < -0.4 is 4.90 Å². The van der Waals surface area contributed by atoms with Crippen LogP contribution in [0, 0.1) is 0 Å². The Labute approximate surface area is 81.9 Å². The van der Waals surface area contributed by atoms with E-state index >= 15 is 0 Å². The summed E-state index contributed by atoms with van der Waals surface area (Å²) >= 11 is 0. The van der Waals surface area contributed by atoms with Gasteiger partial charge < -0.3 is 9.32 Å². The van der Waals surface area contributed by atoms with Crippen molar-refractivity contribution in [2.24, 2.45) is 0 Å². The molecule has 0 bridgehead atoms. The zero-order valence-corrected chi connectivity index (χ0v) is 8.15. The second-order valence-electron chi connectivity index (χ2n) is 3.35. The van der Waals surface area contributed by atoms with Crippen LogP contribution in [0.3, 0.4) is 0 Å². The third-order valence-electron chi connectivity index (χ3n) is 2.21. The average Bonchev–Trinajstić information content (AvgIpc) is 2.62. The van der Waals surface area contributed by atoms with Gasteiger partial charge in [-0.05, 0) is 18.2 Å². The lowest BCUT2D eigenvalue weighted by Gasteiger charge is -2.15. The Morgan fingerprint density at radius 3 is 2.71 bits per heavy atom. The third kappa shape index (κ3) is 1.18. The summed E-state index contributed by atoms with van der Waals surface area (Å²) in [6, 6.07) is 5.46. The van der Waals surface area contributed by atoms with Crippen LogP contribution in [0.15, 0.2) is 28.9 Å². The van der Waals surface area contributed by atoms with E-state index in [1.54, 1.807) is 12.3 Å². The average molecular weight is 189 g/mol. The molecule has 0 fully saturated rings. The number of anilines is 1. The van der Waals surface area contributed by atoms with E-state index < -0.39 is 0 Å². The molecule has 0 N–H and O–H groups in total. The molecular weight excluding hydrogens is 178 g/mol. The molecule has 0 aliphatic rings. The van der Waals surface area contributed by atoms with Gasteiger partial charge >= 0.3 is 0 Å². The molecule has 0 spiro atoms. The maximum Gasteiger partial charge on any atom is 0.152 e. The van der Waals surface area contributed by atoms with Crippen LogP contribution in [0.1, 0.15) is 10.4 Å². The predicted octanol–water partition coefficient (Wildman–Crippen LogP) is 2.31. The quantitative estimate of drug-likeness (QED) is 0.680. The number of carbonyl (C=O) groups excluding carboxylic acids is 1. The number of hydrogen-bond donors (Lipinski definition) is 0. The minimum atomic E-state index is 0.684. The van der Waals surface area contributed by atoms with Gasteiger partial charge in [0.15, 0.2) is 6.29 Å². The standard InChI is InChI=1S/C11H11NO2/c1-12(2)11-8(7-13)3-4-10-9(11)5-6-14-10/h3-7H,1-2H3. The van der Waals surface area contributed by atoms with Crippen LogP contribution >= 0.6 is 0 Å². The van der Waals surface area contributed by atoms with E-state index in [9.17, 15) is 4.79 Å². The fraction of sp³-hybridized carbons (Fsp3) is 0.182. The van der Waals surface area contributed by atoms with Crippen molar-refractivity contribution < 1.29 is 9.21 Å². The highest BCUT2D eigenvalue weighted by Gasteiger charge is 2.10. The Morgan fingerprint density at radius 1 is 1.29 bits per heavy atom. The zero-order valence-electron chi connectivity index (χ0n) is 8.15. The molecule has 1 aromatic carbocycles. The Balaban J connectivity index is 2.81. The highest BCUT2D eigenvalue weighted by molar-refractivity contribution is 6.00. The summed E-state index contributed by atoms with van der Waals surface area (Å²) in [6.07, 6.45) is 2.49. The van der Waals surface area contributed by atoms with E-state index in [1.165, 1.54) is 0 Å². The van der Waals surface area contributed by atoms with Gasteiger partial charge in [-0.2, -0.15) is 0 Å². The minimum Gasteiger partial charge on any atom is -0.464 e. The summed E-state index contributed by atoms with van der Waals surface area (Å²) in [7, 11) is 3.82. The largest absolute Gasteiger partial charge is 0.464 e. The van der Waals surface area contributed by atoms with Crippen molar-refractivity contribution in [1.82, 2.24) is 0 Å². The van der Waals surface area contributed by atoms with E-state index in [4.69, 9.17) is 4.42 Å². The summed E-state index contributed by atoms with van der Waals surface area (Å²) in [5.74, 6) is 0. The second kappa shape index (κ2) is 3.18. The van der Waals surface area contributed by atoms with Crippen LogP contribution in [-0.4, -0.2) is 20.4 Å². The molecule has 1 aromatic heterocycles. The summed E-state index contributed by atoms with van der Waals surface area (Å²) in [6.45, 7) is 0. The summed E-state index contributed by atoms with van der Waals surface area (Å²) in [5.41, 5.74) is 2.40. The Hall–Kier alpha value is -1.77. The number of nitrogens with zero attached hydrogens (tertiary/aromatic N) is 1. The van der Waals surface area contributed by atoms with Crippen LogP contribution in [0.5, 0.6) is 0 Å². The number of rotatable bonds is 2. The lowest BCUT2D eigenvalue weighted by atomic mass is 10.1. The highest BCUT2D eigenvalue weighted by Crippen LogP contribution is 2.29. The molecule has 0 atom stereocenters. The first-order valence-corrected chi connectivity index (χ1v) is 4.36. The molecular formula is C11H11NO2. The van der Waals surface area contributed by atoms with Gasteiger partial charge in [-0.1, -0.05) is 0 Å². The van der Waals surface area contributed by atoms with Crippen molar-refractivity contribution in [2.45, 2.75) is 0 Å². The highest BCUT2D eigenvalue weighted by atomic mass is 16.3. The molecule has 3 heteroatoms. The van der Waals surface area contributed by atoms with E-state index in [-0.39, 0.29) is 0 Å².